The van der Waals surface area contributed by atoms with E-state index in [0.29, 0.717) is 30.8 Å². The Morgan fingerprint density at radius 1 is 1.33 bits per heavy atom. The molecule has 2 aromatic carbocycles. The normalized spacial score (nSPS) is 14.7. The first kappa shape index (κ1) is 25.5. The molecule has 3 rings (SSSR count). The maximum absolute atomic E-state index is 14.1. The smallest absolute Gasteiger partial charge is 0.307 e. The molecule has 33 heavy (non-hydrogen) atoms. The van der Waals surface area contributed by atoms with Crippen molar-refractivity contribution in [2.75, 3.05) is 20.8 Å². The first-order valence-electron chi connectivity index (χ1n) is 9.50. The van der Waals surface area contributed by atoms with Crippen LogP contribution >= 0.6 is 51.5 Å². The molecule has 11 heteroatoms. The molecule has 0 aromatic heterocycles. The number of hydrogen-bond acceptors (Lipinski definition) is 7. The van der Waals surface area contributed by atoms with Crippen LogP contribution in [-0.2, 0) is 20.9 Å². The van der Waals surface area contributed by atoms with Gasteiger partial charge >= 0.3 is 5.97 Å². The minimum atomic E-state index is -0.469. The number of thiocarbonyl (C=S) groups is 1. The van der Waals surface area contributed by atoms with Gasteiger partial charge in [-0.1, -0.05) is 41.6 Å². The lowest BCUT2D eigenvalue weighted by atomic mass is 10.1. The van der Waals surface area contributed by atoms with Crippen LogP contribution in [0.4, 0.5) is 4.39 Å². The van der Waals surface area contributed by atoms with Crippen molar-refractivity contribution < 1.29 is 28.2 Å². The number of rotatable bonds is 8. The molecule has 0 saturated carbocycles. The first-order chi connectivity index (χ1) is 15.7. The fraction of sp³-hybridized carbons (Fsp3) is 0.227. The van der Waals surface area contributed by atoms with Crippen LogP contribution in [0.5, 0.6) is 11.5 Å². The molecule has 1 fully saturated rings. The Kier molecular flexibility index (Phi) is 8.75. The monoisotopic (exact) mass is 573 g/mol. The van der Waals surface area contributed by atoms with Crippen molar-refractivity contribution in [1.29, 1.82) is 0 Å². The fourth-order valence-corrected chi connectivity index (χ4v) is 5.03. The second-order valence-corrected chi connectivity index (χ2v) is 9.62. The molecule has 2 aromatic rings. The van der Waals surface area contributed by atoms with E-state index >= 15 is 0 Å². The van der Waals surface area contributed by atoms with Crippen molar-refractivity contribution in [2.45, 2.75) is 13.0 Å². The van der Waals surface area contributed by atoms with Crippen LogP contribution in [-0.4, -0.2) is 41.9 Å². The summed E-state index contributed by atoms with van der Waals surface area (Å²) in [6.45, 7) is 0.0474. The lowest BCUT2D eigenvalue weighted by Crippen LogP contribution is -2.30. The van der Waals surface area contributed by atoms with Gasteiger partial charge in [0, 0.05) is 12.1 Å². The van der Waals surface area contributed by atoms with E-state index in [2.05, 4.69) is 20.7 Å². The predicted molar refractivity (Wildman–Crippen MR) is 133 cm³/mol. The molecule has 1 aliphatic rings. The molecule has 0 spiro atoms. The summed E-state index contributed by atoms with van der Waals surface area (Å²) in [5.74, 6) is -0.445. The molecule has 0 radical (unpaired) electrons. The predicted octanol–water partition coefficient (Wildman–Crippen LogP) is 5.59. The Morgan fingerprint density at radius 2 is 2.09 bits per heavy atom. The van der Waals surface area contributed by atoms with Gasteiger partial charge in [0.15, 0.2) is 11.5 Å². The summed E-state index contributed by atoms with van der Waals surface area (Å²) in [6.07, 6.45) is 1.72. The van der Waals surface area contributed by atoms with Crippen molar-refractivity contribution in [3.05, 3.63) is 61.7 Å². The molecule has 1 saturated heterocycles. The van der Waals surface area contributed by atoms with Crippen molar-refractivity contribution in [3.8, 4) is 11.5 Å². The number of nitrogens with zero attached hydrogens (tertiary/aromatic N) is 1. The fourth-order valence-electron chi connectivity index (χ4n) is 2.93. The lowest BCUT2D eigenvalue weighted by molar-refractivity contribution is -0.140. The van der Waals surface area contributed by atoms with Crippen molar-refractivity contribution >= 4 is 73.8 Å². The molecule has 1 heterocycles. The molecular weight excluding hydrogens is 557 g/mol. The van der Waals surface area contributed by atoms with E-state index in [4.69, 9.17) is 33.3 Å². The molecule has 1 aliphatic heterocycles. The number of esters is 1. The Labute approximate surface area is 213 Å². The summed E-state index contributed by atoms with van der Waals surface area (Å²) in [5.41, 5.74) is 0.885. The van der Waals surface area contributed by atoms with Gasteiger partial charge in [-0.15, -0.1) is 0 Å². The highest BCUT2D eigenvalue weighted by Crippen LogP contribution is 2.40. The summed E-state index contributed by atoms with van der Waals surface area (Å²) in [7, 11) is 2.76. The standard InChI is InChI=1S/C22H18BrClFNO5S2/c1-29-17-9-12(10-18-21(28)26(22(32)33-18)7-6-19(27)30-2)8-14(23)20(17)31-11-13-15(24)4-3-5-16(13)25/h3-5,8-10H,6-7,11H2,1-2H3/b18-10+. The second kappa shape index (κ2) is 11.3. The Hall–Kier alpha value is -2.14. The third kappa shape index (κ3) is 6.06. The van der Waals surface area contributed by atoms with Gasteiger partial charge in [0.05, 0.1) is 35.0 Å². The number of ether oxygens (including phenoxy) is 3. The molecule has 1 amide bonds. The van der Waals surface area contributed by atoms with Crippen LogP contribution in [0.1, 0.15) is 17.5 Å². The summed E-state index contributed by atoms with van der Waals surface area (Å²) >= 11 is 15.9. The summed E-state index contributed by atoms with van der Waals surface area (Å²) in [5, 5.41) is 0.260. The maximum Gasteiger partial charge on any atom is 0.307 e. The largest absolute Gasteiger partial charge is 0.493 e. The van der Waals surface area contributed by atoms with Crippen LogP contribution < -0.4 is 9.47 Å². The molecule has 6 nitrogen and oxygen atoms in total. The highest BCUT2D eigenvalue weighted by atomic mass is 79.9. The Morgan fingerprint density at radius 3 is 2.76 bits per heavy atom. The number of halogens is 3. The van der Waals surface area contributed by atoms with E-state index in [0.717, 1.165) is 11.8 Å². The van der Waals surface area contributed by atoms with E-state index in [1.807, 2.05) is 0 Å². The van der Waals surface area contributed by atoms with Crippen molar-refractivity contribution in [2.24, 2.45) is 0 Å². The highest BCUT2D eigenvalue weighted by molar-refractivity contribution is 9.10. The van der Waals surface area contributed by atoms with Crippen LogP contribution in [0.3, 0.4) is 0 Å². The first-order valence-corrected chi connectivity index (χ1v) is 11.9. The van der Waals surface area contributed by atoms with Crippen molar-refractivity contribution in [3.63, 3.8) is 0 Å². The van der Waals surface area contributed by atoms with E-state index in [9.17, 15) is 14.0 Å². The van der Waals surface area contributed by atoms with Crippen LogP contribution in [0.15, 0.2) is 39.7 Å². The van der Waals surface area contributed by atoms with Gasteiger partial charge in [0.25, 0.3) is 5.91 Å². The van der Waals surface area contributed by atoms with Gasteiger partial charge in [-0.25, -0.2) is 4.39 Å². The van der Waals surface area contributed by atoms with E-state index < -0.39 is 11.8 Å². The Balaban J connectivity index is 1.80. The lowest BCUT2D eigenvalue weighted by Gasteiger charge is -2.15. The molecule has 0 aliphatic carbocycles. The SMILES string of the molecule is COC(=O)CCN1C(=O)/C(=C\c2cc(Br)c(OCc3c(F)cccc3Cl)c(OC)c2)SC1=S. The maximum atomic E-state index is 14.1. The van der Waals surface area contributed by atoms with Gasteiger partial charge in [0.2, 0.25) is 0 Å². The van der Waals surface area contributed by atoms with E-state index in [1.54, 1.807) is 24.3 Å². The average Bonchev–Trinajstić information content (AvgIpc) is 3.04. The summed E-state index contributed by atoms with van der Waals surface area (Å²) in [6, 6.07) is 7.83. The van der Waals surface area contributed by atoms with Gasteiger partial charge < -0.3 is 14.2 Å². The zero-order valence-corrected chi connectivity index (χ0v) is 21.5. The topological polar surface area (TPSA) is 65.1 Å². The quantitative estimate of drug-likeness (QED) is 0.231. The van der Waals surface area contributed by atoms with E-state index in [-0.39, 0.29) is 36.1 Å². The second-order valence-electron chi connectivity index (χ2n) is 6.68. The molecule has 174 valence electrons. The number of thioether (sulfide) groups is 1. The third-order valence-electron chi connectivity index (χ3n) is 4.61. The number of amides is 1. The highest BCUT2D eigenvalue weighted by Gasteiger charge is 2.32. The van der Waals surface area contributed by atoms with Gasteiger partial charge in [-0.05, 0) is 51.8 Å². The van der Waals surface area contributed by atoms with Crippen LogP contribution in [0.25, 0.3) is 6.08 Å². The van der Waals surface area contributed by atoms with Crippen LogP contribution in [0.2, 0.25) is 5.02 Å². The average molecular weight is 575 g/mol. The Bertz CT molecular complexity index is 1120. The van der Waals surface area contributed by atoms with Gasteiger partial charge in [-0.3, -0.25) is 14.5 Å². The molecule has 0 unspecified atom stereocenters. The molecular formula is C22H18BrClFNO5S2. The number of hydrogen-bond donors (Lipinski definition) is 0. The van der Waals surface area contributed by atoms with Gasteiger partial charge in [0.1, 0.15) is 16.7 Å². The molecule has 0 N–H and O–H groups in total. The molecule has 0 atom stereocenters. The number of carbonyl (C=O) groups is 2. The number of carbonyl (C=O) groups excluding carboxylic acids is 2. The minimum Gasteiger partial charge on any atom is -0.493 e. The third-order valence-corrected chi connectivity index (χ3v) is 6.93. The van der Waals surface area contributed by atoms with E-state index in [1.165, 1.54) is 31.3 Å². The van der Waals surface area contributed by atoms with Gasteiger partial charge in [-0.2, -0.15) is 0 Å². The summed E-state index contributed by atoms with van der Waals surface area (Å²) in [4.78, 5) is 25.9. The minimum absolute atomic E-state index is 0.0493. The van der Waals surface area contributed by atoms with Crippen LogP contribution in [0, 0.1) is 5.82 Å². The number of benzene rings is 2. The molecule has 0 bridgehead atoms. The van der Waals surface area contributed by atoms with Crippen molar-refractivity contribution in [1.82, 2.24) is 4.90 Å². The zero-order valence-electron chi connectivity index (χ0n) is 17.5. The number of methoxy groups -OCH3 is 2. The zero-order chi connectivity index (χ0) is 24.1. The summed E-state index contributed by atoms with van der Waals surface area (Å²) < 4.78 is 30.8.